The molecule has 3 rings (SSSR count). The molecule has 0 saturated carbocycles. The molecule has 0 aliphatic heterocycles. The Bertz CT molecular complexity index is 1200. The molecule has 140 valence electrons. The van der Waals surface area contributed by atoms with Crippen LogP contribution in [0.2, 0.25) is 0 Å². The van der Waals surface area contributed by atoms with Crippen molar-refractivity contribution in [2.75, 3.05) is 5.32 Å². The average molecular weight is 372 g/mol. The number of carbonyl (C=O) groups is 1. The van der Waals surface area contributed by atoms with Crippen molar-refractivity contribution in [3.63, 3.8) is 0 Å². The minimum absolute atomic E-state index is 0.116. The molecule has 0 bridgehead atoms. The van der Waals surface area contributed by atoms with E-state index in [-0.39, 0.29) is 23.4 Å². The first-order valence-corrected chi connectivity index (χ1v) is 7.86. The highest BCUT2D eigenvalue weighted by Gasteiger charge is 2.17. The normalized spacial score (nSPS) is 10.9. The lowest BCUT2D eigenvalue weighted by Crippen LogP contribution is -2.37. The van der Waals surface area contributed by atoms with Crippen LogP contribution < -0.4 is 16.6 Å². The number of aromatic nitrogens is 4. The van der Waals surface area contributed by atoms with Crippen molar-refractivity contribution in [1.29, 1.82) is 0 Å². The smallest absolute Gasteiger partial charge is 0.324 e. The van der Waals surface area contributed by atoms with Crippen LogP contribution in [0.1, 0.15) is 5.56 Å². The molecule has 0 aliphatic carbocycles. The molecule has 0 radical (unpaired) electrons. The third-order valence-corrected chi connectivity index (χ3v) is 4.24. The Labute approximate surface area is 151 Å². The summed E-state index contributed by atoms with van der Waals surface area (Å²) in [6, 6.07) is 4.15. The fourth-order valence-corrected chi connectivity index (χ4v) is 2.72. The maximum absolute atomic E-state index is 12.4. The number of non-ortho nitro benzene ring substituents is 1. The zero-order valence-electron chi connectivity index (χ0n) is 14.8. The number of nitrogens with one attached hydrogen (secondary N) is 1. The molecule has 0 aliphatic rings. The van der Waals surface area contributed by atoms with Gasteiger partial charge in [0.15, 0.2) is 11.2 Å². The summed E-state index contributed by atoms with van der Waals surface area (Å²) in [7, 11) is 2.82. The summed E-state index contributed by atoms with van der Waals surface area (Å²) in [6.45, 7) is 1.46. The van der Waals surface area contributed by atoms with Crippen molar-refractivity contribution in [3.8, 4) is 0 Å². The van der Waals surface area contributed by atoms with Gasteiger partial charge in [0.25, 0.3) is 11.2 Å². The highest BCUT2D eigenvalue weighted by Crippen LogP contribution is 2.21. The molecule has 27 heavy (non-hydrogen) atoms. The van der Waals surface area contributed by atoms with Crippen LogP contribution in [0.4, 0.5) is 11.4 Å². The molecule has 0 fully saturated rings. The number of anilines is 1. The van der Waals surface area contributed by atoms with Gasteiger partial charge in [-0.3, -0.25) is 28.8 Å². The maximum atomic E-state index is 12.4. The topological polar surface area (TPSA) is 134 Å². The standard InChI is InChI=1S/C16H16N6O5/c1-9-4-5-10(22(26)27)6-11(9)18-12(23)7-21-8-17-14-13(21)15(24)20(3)16(25)19(14)2/h4-6,8H,7H2,1-3H3,(H,18,23). The van der Waals surface area contributed by atoms with E-state index in [4.69, 9.17) is 0 Å². The Morgan fingerprint density at radius 2 is 1.96 bits per heavy atom. The van der Waals surface area contributed by atoms with E-state index in [2.05, 4.69) is 10.3 Å². The molecule has 1 N–H and O–H groups in total. The van der Waals surface area contributed by atoms with Gasteiger partial charge >= 0.3 is 5.69 Å². The number of nitro groups is 1. The van der Waals surface area contributed by atoms with Crippen LogP contribution in [0.15, 0.2) is 34.1 Å². The van der Waals surface area contributed by atoms with Crippen LogP contribution in [-0.4, -0.2) is 29.5 Å². The van der Waals surface area contributed by atoms with Gasteiger partial charge in [-0.1, -0.05) is 6.07 Å². The van der Waals surface area contributed by atoms with Crippen molar-refractivity contribution in [1.82, 2.24) is 18.7 Å². The van der Waals surface area contributed by atoms with Crippen LogP contribution in [0, 0.1) is 17.0 Å². The van der Waals surface area contributed by atoms with Crippen molar-refractivity contribution < 1.29 is 9.72 Å². The molecule has 3 aromatic rings. The van der Waals surface area contributed by atoms with Gasteiger partial charge in [-0.05, 0) is 12.5 Å². The highest BCUT2D eigenvalue weighted by atomic mass is 16.6. The number of benzene rings is 1. The number of nitro benzene ring substituents is 1. The summed E-state index contributed by atoms with van der Waals surface area (Å²) >= 11 is 0. The number of hydrogen-bond acceptors (Lipinski definition) is 6. The van der Waals surface area contributed by atoms with E-state index in [9.17, 15) is 24.5 Å². The van der Waals surface area contributed by atoms with Gasteiger partial charge < -0.3 is 9.88 Å². The van der Waals surface area contributed by atoms with Gasteiger partial charge in [-0.25, -0.2) is 9.78 Å². The zero-order valence-corrected chi connectivity index (χ0v) is 14.8. The summed E-state index contributed by atoms with van der Waals surface area (Å²) in [5, 5.41) is 13.5. The third-order valence-electron chi connectivity index (χ3n) is 4.24. The molecule has 0 unspecified atom stereocenters. The van der Waals surface area contributed by atoms with E-state index < -0.39 is 22.1 Å². The molecule has 2 heterocycles. The van der Waals surface area contributed by atoms with Crippen molar-refractivity contribution in [2.24, 2.45) is 14.1 Å². The first-order valence-electron chi connectivity index (χ1n) is 7.86. The number of amides is 1. The van der Waals surface area contributed by atoms with Crippen LogP contribution >= 0.6 is 0 Å². The lowest BCUT2D eigenvalue weighted by atomic mass is 10.2. The molecule has 1 amide bonds. The molecule has 0 spiro atoms. The fourth-order valence-electron chi connectivity index (χ4n) is 2.72. The van der Waals surface area contributed by atoms with Crippen LogP contribution in [0.25, 0.3) is 11.2 Å². The van der Waals surface area contributed by atoms with Gasteiger partial charge in [0, 0.05) is 26.2 Å². The second kappa shape index (κ2) is 6.52. The number of rotatable bonds is 4. The minimum Gasteiger partial charge on any atom is -0.324 e. The molecule has 11 nitrogen and oxygen atoms in total. The largest absolute Gasteiger partial charge is 0.332 e. The quantitative estimate of drug-likeness (QED) is 0.517. The number of aryl methyl sites for hydroxylation is 2. The Kier molecular flexibility index (Phi) is 4.35. The maximum Gasteiger partial charge on any atom is 0.332 e. The van der Waals surface area contributed by atoms with Gasteiger partial charge in [0.05, 0.1) is 16.9 Å². The molecule has 1 aromatic carbocycles. The van der Waals surface area contributed by atoms with Crippen molar-refractivity contribution >= 4 is 28.4 Å². The summed E-state index contributed by atoms with van der Waals surface area (Å²) in [4.78, 5) is 51.1. The molecule has 2 aromatic heterocycles. The van der Waals surface area contributed by atoms with E-state index >= 15 is 0 Å². The second-order valence-electron chi connectivity index (χ2n) is 6.05. The van der Waals surface area contributed by atoms with E-state index in [0.29, 0.717) is 11.3 Å². The number of hydrogen-bond donors (Lipinski definition) is 1. The monoisotopic (exact) mass is 372 g/mol. The first-order chi connectivity index (χ1) is 12.7. The Balaban J connectivity index is 1.94. The molecular formula is C16H16N6O5. The number of carbonyl (C=O) groups excluding carboxylic acids is 1. The van der Waals surface area contributed by atoms with Crippen LogP contribution in [-0.2, 0) is 25.4 Å². The second-order valence-corrected chi connectivity index (χ2v) is 6.05. The minimum atomic E-state index is -0.565. The summed E-state index contributed by atoms with van der Waals surface area (Å²) in [6.07, 6.45) is 1.30. The number of nitrogens with zero attached hydrogens (tertiary/aromatic N) is 5. The zero-order chi connectivity index (χ0) is 19.9. The third kappa shape index (κ3) is 3.10. The van der Waals surface area contributed by atoms with E-state index in [1.165, 1.54) is 47.8 Å². The molecule has 0 atom stereocenters. The van der Waals surface area contributed by atoms with E-state index in [1.54, 1.807) is 6.92 Å². The Hall–Kier alpha value is -3.76. The van der Waals surface area contributed by atoms with Gasteiger partial charge in [-0.2, -0.15) is 0 Å². The fraction of sp³-hybridized carbons (Fsp3) is 0.250. The van der Waals surface area contributed by atoms with Crippen LogP contribution in [0.5, 0.6) is 0 Å². The SMILES string of the molecule is Cc1ccc([N+](=O)[O-])cc1NC(=O)Cn1cnc2c1c(=O)n(C)c(=O)n2C. The summed E-state index contributed by atoms with van der Waals surface area (Å²) in [5.41, 5.74) is 0.0156. The van der Waals surface area contributed by atoms with Gasteiger partial charge in [-0.15, -0.1) is 0 Å². The Morgan fingerprint density at radius 1 is 1.26 bits per heavy atom. The summed E-state index contributed by atoms with van der Waals surface area (Å²) in [5.74, 6) is -0.492. The predicted molar refractivity (Wildman–Crippen MR) is 96.7 cm³/mol. The number of fused-ring (bicyclic) bond motifs is 1. The van der Waals surface area contributed by atoms with Crippen LogP contribution in [0.3, 0.4) is 0 Å². The summed E-state index contributed by atoms with van der Waals surface area (Å²) < 4.78 is 3.48. The average Bonchev–Trinajstić information content (AvgIpc) is 3.03. The predicted octanol–water partition coefficient (Wildman–Crippen LogP) is 0.289. The first kappa shape index (κ1) is 18.0. The molecular weight excluding hydrogens is 356 g/mol. The molecule has 0 saturated heterocycles. The van der Waals surface area contributed by atoms with Crippen molar-refractivity contribution in [3.05, 3.63) is 61.0 Å². The van der Waals surface area contributed by atoms with E-state index in [0.717, 1.165) is 4.57 Å². The lowest BCUT2D eigenvalue weighted by molar-refractivity contribution is -0.384. The van der Waals surface area contributed by atoms with E-state index in [1.807, 2.05) is 0 Å². The highest BCUT2D eigenvalue weighted by molar-refractivity contribution is 5.92. The van der Waals surface area contributed by atoms with Gasteiger partial charge in [0.2, 0.25) is 5.91 Å². The van der Waals surface area contributed by atoms with Gasteiger partial charge in [0.1, 0.15) is 6.54 Å². The Morgan fingerprint density at radius 3 is 2.63 bits per heavy atom. The number of imidazole rings is 1. The molecule has 11 heteroatoms. The van der Waals surface area contributed by atoms with Crippen molar-refractivity contribution in [2.45, 2.75) is 13.5 Å². The lowest BCUT2D eigenvalue weighted by Gasteiger charge is -2.09.